The van der Waals surface area contributed by atoms with Crippen molar-refractivity contribution in [2.45, 2.75) is 37.8 Å². The van der Waals surface area contributed by atoms with Gasteiger partial charge in [-0.15, -0.1) is 0 Å². The summed E-state index contributed by atoms with van der Waals surface area (Å²) < 4.78 is 5.52. The maximum Gasteiger partial charge on any atom is 0.271 e. The molecule has 0 radical (unpaired) electrons. The maximum atomic E-state index is 12.6. The van der Waals surface area contributed by atoms with Gasteiger partial charge in [-0.2, -0.15) is 0 Å². The first kappa shape index (κ1) is 29.2. The first-order valence-corrected chi connectivity index (χ1v) is 15.3. The predicted octanol–water partition coefficient (Wildman–Crippen LogP) is 3.50. The number of nitrogens with two attached hydrogens (primary N) is 1. The number of anilines is 4. The monoisotopic (exact) mass is 586 g/mol. The number of aromatic hydroxyl groups is 1. The van der Waals surface area contributed by atoms with Crippen molar-refractivity contribution in [3.63, 3.8) is 0 Å². The zero-order chi connectivity index (χ0) is 29.8. The van der Waals surface area contributed by atoms with Crippen LogP contribution in [0, 0.1) is 0 Å². The van der Waals surface area contributed by atoms with E-state index in [1.165, 1.54) is 31.6 Å². The molecule has 1 aromatic heterocycles. The molecule has 3 saturated heterocycles. The molecule has 11 heteroatoms. The van der Waals surface area contributed by atoms with E-state index in [9.17, 15) is 9.90 Å². The van der Waals surface area contributed by atoms with E-state index in [0.29, 0.717) is 36.3 Å². The van der Waals surface area contributed by atoms with Crippen molar-refractivity contribution in [2.24, 2.45) is 5.73 Å². The molecule has 3 fully saturated rings. The van der Waals surface area contributed by atoms with Gasteiger partial charge in [-0.3, -0.25) is 9.69 Å². The second-order valence-electron chi connectivity index (χ2n) is 11.8. The fourth-order valence-electron chi connectivity index (χ4n) is 6.25. The van der Waals surface area contributed by atoms with Crippen molar-refractivity contribution in [1.82, 2.24) is 19.8 Å². The molecule has 4 heterocycles. The first-order chi connectivity index (χ1) is 20.9. The van der Waals surface area contributed by atoms with E-state index in [1.54, 1.807) is 18.2 Å². The SMILES string of the molecule is CN1CCN(C2CCN(c3ccc(Nc4nc(NC5CCOCC5)c(-c5cccc(O)c5)nc4C(N)=O)cc3)CC2)CC1. The lowest BCUT2D eigenvalue weighted by atomic mass is 10.0. The molecule has 0 aliphatic carbocycles. The highest BCUT2D eigenvalue weighted by molar-refractivity contribution is 5.97. The number of ether oxygens (including phenoxy) is 1. The van der Waals surface area contributed by atoms with Gasteiger partial charge in [-0.1, -0.05) is 12.1 Å². The average Bonchev–Trinajstić information content (AvgIpc) is 3.02. The summed E-state index contributed by atoms with van der Waals surface area (Å²) in [5, 5.41) is 16.9. The zero-order valence-electron chi connectivity index (χ0n) is 24.8. The predicted molar refractivity (Wildman–Crippen MR) is 169 cm³/mol. The standard InChI is InChI=1S/C32H42N8O3/c1-38-15-17-40(18-16-38)26-9-13-39(14-10-26)25-7-5-23(6-8-25)34-32-29(30(33)42)36-28(22-3-2-4-27(41)21-22)31(37-32)35-24-11-19-43-20-12-24/h2-8,21,24,26,41H,9-20H2,1H3,(H2,33,42)(H2,34,35,37). The molecule has 6 rings (SSSR count). The molecule has 2 aromatic carbocycles. The van der Waals surface area contributed by atoms with Crippen LogP contribution in [0.5, 0.6) is 5.75 Å². The number of phenols is 1. The number of amides is 1. The van der Waals surface area contributed by atoms with Crippen LogP contribution in [0.3, 0.4) is 0 Å². The summed E-state index contributed by atoms with van der Waals surface area (Å²) in [6, 6.07) is 15.8. The van der Waals surface area contributed by atoms with Gasteiger partial charge in [-0.25, -0.2) is 9.97 Å². The van der Waals surface area contributed by atoms with Gasteiger partial charge in [0.2, 0.25) is 0 Å². The molecule has 3 aliphatic rings. The number of hydrogen-bond donors (Lipinski definition) is 4. The Balaban J connectivity index is 1.19. The minimum Gasteiger partial charge on any atom is -0.508 e. The highest BCUT2D eigenvalue weighted by Crippen LogP contribution is 2.32. The van der Waals surface area contributed by atoms with Crippen molar-refractivity contribution in [1.29, 1.82) is 0 Å². The quantitative estimate of drug-likeness (QED) is 0.311. The molecule has 5 N–H and O–H groups in total. The Morgan fingerprint density at radius 1 is 0.930 bits per heavy atom. The number of piperazine rings is 1. The van der Waals surface area contributed by atoms with Crippen LogP contribution >= 0.6 is 0 Å². The number of phenolic OH excluding ortho intramolecular Hbond substituents is 1. The Hall–Kier alpha value is -3.93. The lowest BCUT2D eigenvalue weighted by Gasteiger charge is -2.42. The van der Waals surface area contributed by atoms with E-state index in [4.69, 9.17) is 15.5 Å². The summed E-state index contributed by atoms with van der Waals surface area (Å²) in [5.41, 5.74) is 8.89. The lowest BCUT2D eigenvalue weighted by Crippen LogP contribution is -2.52. The van der Waals surface area contributed by atoms with Gasteiger partial charge in [-0.05, 0) is 69.1 Å². The summed E-state index contributed by atoms with van der Waals surface area (Å²) in [5.74, 6) is 0.216. The number of nitrogens with one attached hydrogen (secondary N) is 2. The van der Waals surface area contributed by atoms with Crippen molar-refractivity contribution >= 4 is 28.9 Å². The molecule has 3 aromatic rings. The Kier molecular flexibility index (Phi) is 8.92. The second kappa shape index (κ2) is 13.2. The van der Waals surface area contributed by atoms with Crippen molar-refractivity contribution in [3.05, 3.63) is 54.2 Å². The van der Waals surface area contributed by atoms with E-state index >= 15 is 0 Å². The lowest BCUT2D eigenvalue weighted by molar-refractivity contribution is 0.0904. The largest absolute Gasteiger partial charge is 0.508 e. The Bertz CT molecular complexity index is 1400. The van der Waals surface area contributed by atoms with Crippen molar-refractivity contribution in [2.75, 3.05) is 75.1 Å². The molecular formula is C32H42N8O3. The summed E-state index contributed by atoms with van der Waals surface area (Å²) in [4.78, 5) is 29.6. The van der Waals surface area contributed by atoms with Crippen molar-refractivity contribution in [3.8, 4) is 17.0 Å². The molecule has 0 atom stereocenters. The molecule has 228 valence electrons. The van der Waals surface area contributed by atoms with Crippen LogP contribution in [0.1, 0.15) is 36.2 Å². The molecule has 1 amide bonds. The van der Waals surface area contributed by atoms with Crippen LogP contribution < -0.4 is 21.3 Å². The molecular weight excluding hydrogens is 544 g/mol. The Morgan fingerprint density at radius 3 is 2.33 bits per heavy atom. The summed E-state index contributed by atoms with van der Waals surface area (Å²) in [6.45, 7) is 8.05. The molecule has 0 spiro atoms. The van der Waals surface area contributed by atoms with Gasteiger partial charge in [0.15, 0.2) is 17.3 Å². The third-order valence-electron chi connectivity index (χ3n) is 8.82. The number of rotatable bonds is 8. The fraction of sp³-hybridized carbons (Fsp3) is 0.469. The third-order valence-corrected chi connectivity index (χ3v) is 8.82. The number of nitrogens with zero attached hydrogens (tertiary/aromatic N) is 5. The van der Waals surface area contributed by atoms with Crippen molar-refractivity contribution < 1.29 is 14.6 Å². The van der Waals surface area contributed by atoms with Gasteiger partial charge in [0.05, 0.1) is 0 Å². The minimum absolute atomic E-state index is 0.0333. The molecule has 11 nitrogen and oxygen atoms in total. The van der Waals surface area contributed by atoms with Gasteiger partial charge in [0, 0.05) is 81.5 Å². The molecule has 0 bridgehead atoms. The van der Waals surface area contributed by atoms with Gasteiger partial charge >= 0.3 is 0 Å². The maximum absolute atomic E-state index is 12.6. The average molecular weight is 587 g/mol. The van der Waals surface area contributed by atoms with Gasteiger partial charge in [0.25, 0.3) is 5.91 Å². The van der Waals surface area contributed by atoms with Gasteiger partial charge in [0.1, 0.15) is 11.4 Å². The molecule has 43 heavy (non-hydrogen) atoms. The van der Waals surface area contributed by atoms with E-state index < -0.39 is 5.91 Å². The minimum atomic E-state index is -0.686. The van der Waals surface area contributed by atoms with Crippen LogP contribution in [0.2, 0.25) is 0 Å². The zero-order valence-corrected chi connectivity index (χ0v) is 24.8. The topological polar surface area (TPSA) is 132 Å². The second-order valence-corrected chi connectivity index (χ2v) is 11.8. The van der Waals surface area contributed by atoms with E-state index in [-0.39, 0.29) is 23.3 Å². The smallest absolute Gasteiger partial charge is 0.271 e. The number of carbonyl (C=O) groups excluding carboxylic acids is 1. The Morgan fingerprint density at radius 2 is 1.65 bits per heavy atom. The van der Waals surface area contributed by atoms with Crippen LogP contribution in [-0.4, -0.2) is 102 Å². The molecule has 0 unspecified atom stereocenters. The number of benzene rings is 2. The van der Waals surface area contributed by atoms with E-state index in [1.807, 2.05) is 18.2 Å². The number of piperidine rings is 1. The highest BCUT2D eigenvalue weighted by atomic mass is 16.5. The normalized spacial score (nSPS) is 19.3. The number of likely N-dealkylation sites (N-methyl/N-ethyl adjacent to an activating group) is 1. The fourth-order valence-corrected chi connectivity index (χ4v) is 6.25. The Labute approximate surface area is 253 Å². The molecule has 3 aliphatic heterocycles. The van der Waals surface area contributed by atoms with Crippen LogP contribution in [0.15, 0.2) is 48.5 Å². The summed E-state index contributed by atoms with van der Waals surface area (Å²) in [7, 11) is 2.20. The van der Waals surface area contributed by atoms with Crippen LogP contribution in [0.25, 0.3) is 11.3 Å². The third kappa shape index (κ3) is 7.01. The number of primary amides is 1. The van der Waals surface area contributed by atoms with Gasteiger partial charge < -0.3 is 36.0 Å². The first-order valence-electron chi connectivity index (χ1n) is 15.3. The summed E-state index contributed by atoms with van der Waals surface area (Å²) >= 11 is 0. The van der Waals surface area contributed by atoms with Crippen LogP contribution in [-0.2, 0) is 4.74 Å². The highest BCUT2D eigenvalue weighted by Gasteiger charge is 2.27. The number of aromatic nitrogens is 2. The van der Waals surface area contributed by atoms with E-state index in [2.05, 4.69) is 49.5 Å². The summed E-state index contributed by atoms with van der Waals surface area (Å²) in [6.07, 6.45) is 4.01. The molecule has 0 saturated carbocycles. The number of carbonyl (C=O) groups is 1. The number of hydrogen-bond acceptors (Lipinski definition) is 10. The van der Waals surface area contributed by atoms with Crippen LogP contribution in [0.4, 0.5) is 23.0 Å². The van der Waals surface area contributed by atoms with E-state index in [0.717, 1.165) is 44.7 Å².